The van der Waals surface area contributed by atoms with Gasteiger partial charge in [-0.15, -0.1) is 0 Å². The normalized spacial score (nSPS) is 11.7. The molecule has 230 valence electrons. The molecule has 0 amide bonds. The summed E-state index contributed by atoms with van der Waals surface area (Å²) in [6.45, 7) is 0. The molecule has 0 aliphatic carbocycles. The summed E-state index contributed by atoms with van der Waals surface area (Å²) >= 11 is 0. The number of pyridine rings is 1. The smallest absolute Gasteiger partial charge is 0.139 e. The Morgan fingerprint density at radius 1 is 0.469 bits per heavy atom. The predicted molar refractivity (Wildman–Crippen MR) is 203 cm³/mol. The van der Waals surface area contributed by atoms with Crippen molar-refractivity contribution in [2.45, 2.75) is 0 Å². The lowest BCUT2D eigenvalue weighted by Gasteiger charge is -2.27. The summed E-state index contributed by atoms with van der Waals surface area (Å²) in [5.74, 6) is 0. The van der Waals surface area contributed by atoms with Gasteiger partial charge in [0.2, 0.25) is 0 Å². The molecule has 0 saturated carbocycles. The molecule has 10 aromatic rings. The molecule has 4 nitrogen and oxygen atoms in total. The monoisotopic (exact) mass is 627 g/mol. The molecule has 10 rings (SSSR count). The van der Waals surface area contributed by atoms with Gasteiger partial charge in [-0.3, -0.25) is 4.98 Å². The van der Waals surface area contributed by atoms with Crippen LogP contribution in [-0.2, 0) is 0 Å². The minimum Gasteiger partial charge on any atom is -0.456 e. The molecule has 0 bridgehead atoms. The van der Waals surface area contributed by atoms with Gasteiger partial charge in [-0.25, -0.2) is 0 Å². The topological polar surface area (TPSA) is 34.2 Å². The lowest BCUT2D eigenvalue weighted by molar-refractivity contribution is 0.669. The first-order valence-corrected chi connectivity index (χ1v) is 16.5. The van der Waals surface area contributed by atoms with Gasteiger partial charge in [0.1, 0.15) is 11.2 Å². The molecular weight excluding hydrogens is 599 g/mol. The van der Waals surface area contributed by atoms with Crippen molar-refractivity contribution in [2.75, 3.05) is 4.90 Å². The van der Waals surface area contributed by atoms with Gasteiger partial charge in [-0.2, -0.15) is 0 Å². The molecule has 0 fully saturated rings. The summed E-state index contributed by atoms with van der Waals surface area (Å²) in [6.07, 6.45) is 1.87. The summed E-state index contributed by atoms with van der Waals surface area (Å²) in [4.78, 5) is 7.30. The van der Waals surface area contributed by atoms with Gasteiger partial charge >= 0.3 is 0 Å². The van der Waals surface area contributed by atoms with Gasteiger partial charge < -0.3 is 13.9 Å². The van der Waals surface area contributed by atoms with E-state index in [0.717, 1.165) is 61.1 Å². The van der Waals surface area contributed by atoms with Crippen LogP contribution in [0.25, 0.3) is 71.5 Å². The third kappa shape index (κ3) is 4.35. The van der Waals surface area contributed by atoms with Crippen LogP contribution in [0, 0.1) is 0 Å². The lowest BCUT2D eigenvalue weighted by Crippen LogP contribution is -2.10. The van der Waals surface area contributed by atoms with Gasteiger partial charge in [0.05, 0.1) is 27.6 Å². The number of furan rings is 1. The van der Waals surface area contributed by atoms with E-state index >= 15 is 0 Å². The van der Waals surface area contributed by atoms with E-state index < -0.39 is 0 Å². The molecule has 7 aromatic carbocycles. The van der Waals surface area contributed by atoms with Crippen LogP contribution in [0.3, 0.4) is 0 Å². The van der Waals surface area contributed by atoms with E-state index in [1.165, 1.54) is 27.4 Å². The summed E-state index contributed by atoms with van der Waals surface area (Å²) in [7, 11) is 0. The van der Waals surface area contributed by atoms with Crippen LogP contribution in [0.1, 0.15) is 0 Å². The number of hydrogen-bond acceptors (Lipinski definition) is 3. The molecule has 49 heavy (non-hydrogen) atoms. The highest BCUT2D eigenvalue weighted by molar-refractivity contribution is 6.21. The molecule has 0 saturated heterocycles. The molecule has 0 unspecified atom stereocenters. The fourth-order valence-electron chi connectivity index (χ4n) is 7.42. The highest BCUT2D eigenvalue weighted by atomic mass is 16.3. The number of nitrogens with zero attached hydrogens (tertiary/aromatic N) is 3. The first-order chi connectivity index (χ1) is 24.3. The van der Waals surface area contributed by atoms with E-state index in [9.17, 15) is 0 Å². The number of benzene rings is 7. The largest absolute Gasteiger partial charge is 0.456 e. The van der Waals surface area contributed by atoms with Crippen LogP contribution in [0.5, 0.6) is 0 Å². The fraction of sp³-hybridized carbons (Fsp3) is 0. The van der Waals surface area contributed by atoms with Gasteiger partial charge in [-0.1, -0.05) is 97.1 Å². The first kappa shape index (κ1) is 27.5. The Kier molecular flexibility index (Phi) is 6.15. The molecule has 0 atom stereocenters. The predicted octanol–water partition coefficient (Wildman–Crippen LogP) is 12.4. The summed E-state index contributed by atoms with van der Waals surface area (Å²) in [5, 5.41) is 5.56. The number of hydrogen-bond donors (Lipinski definition) is 0. The maximum absolute atomic E-state index is 6.51. The van der Waals surface area contributed by atoms with E-state index in [1.54, 1.807) is 0 Å². The number of anilines is 3. The summed E-state index contributed by atoms with van der Waals surface area (Å²) in [6, 6.07) is 60.0. The molecule has 0 aliphatic rings. The zero-order chi connectivity index (χ0) is 32.3. The second kappa shape index (κ2) is 11.0. The minimum absolute atomic E-state index is 0.815. The third-order valence-electron chi connectivity index (χ3n) is 9.61. The Morgan fingerprint density at radius 3 is 1.96 bits per heavy atom. The van der Waals surface area contributed by atoms with E-state index in [1.807, 2.05) is 24.4 Å². The molecule has 0 aliphatic heterocycles. The van der Waals surface area contributed by atoms with Crippen molar-refractivity contribution in [3.63, 3.8) is 0 Å². The Balaban J connectivity index is 1.25. The standard InChI is InChI=1S/C45H29N3O/c1-3-12-30(13-4-1)31-21-23-33(24-22-31)47(41-29-43-44(45-36(41)18-11-27-46-45)37-17-8-10-20-42(37)49-43)34-25-26-40-38(28-34)35-16-7-9-19-39(35)48(40)32-14-5-2-6-15-32/h1-29H. The van der Waals surface area contributed by atoms with E-state index in [-0.39, 0.29) is 0 Å². The third-order valence-corrected chi connectivity index (χ3v) is 9.61. The number of para-hydroxylation sites is 3. The highest BCUT2D eigenvalue weighted by Gasteiger charge is 2.22. The Hall–Kier alpha value is -6.65. The van der Waals surface area contributed by atoms with Crippen LogP contribution in [0.2, 0.25) is 0 Å². The number of aromatic nitrogens is 2. The molecular formula is C45H29N3O. The van der Waals surface area contributed by atoms with Crippen molar-refractivity contribution < 1.29 is 4.42 Å². The average Bonchev–Trinajstić information content (AvgIpc) is 3.71. The zero-order valence-corrected chi connectivity index (χ0v) is 26.5. The number of fused-ring (bicyclic) bond motifs is 8. The van der Waals surface area contributed by atoms with E-state index in [2.05, 4.69) is 161 Å². The van der Waals surface area contributed by atoms with Crippen molar-refractivity contribution in [1.82, 2.24) is 9.55 Å². The maximum Gasteiger partial charge on any atom is 0.139 e. The van der Waals surface area contributed by atoms with Gasteiger partial charge in [0.15, 0.2) is 0 Å². The van der Waals surface area contributed by atoms with Crippen molar-refractivity contribution >= 4 is 71.7 Å². The molecule has 4 heteroatoms. The summed E-state index contributed by atoms with van der Waals surface area (Å²) in [5.41, 5.74) is 11.5. The van der Waals surface area contributed by atoms with Crippen LogP contribution in [-0.4, -0.2) is 9.55 Å². The summed E-state index contributed by atoms with van der Waals surface area (Å²) < 4.78 is 8.86. The van der Waals surface area contributed by atoms with Crippen molar-refractivity contribution in [2.24, 2.45) is 0 Å². The second-order valence-electron chi connectivity index (χ2n) is 12.4. The van der Waals surface area contributed by atoms with Crippen molar-refractivity contribution in [1.29, 1.82) is 0 Å². The van der Waals surface area contributed by atoms with Crippen LogP contribution in [0.4, 0.5) is 17.1 Å². The average molecular weight is 628 g/mol. The van der Waals surface area contributed by atoms with E-state index in [4.69, 9.17) is 9.40 Å². The Bertz CT molecular complexity index is 2820. The highest BCUT2D eigenvalue weighted by Crippen LogP contribution is 2.45. The van der Waals surface area contributed by atoms with Gasteiger partial charge in [-0.05, 0) is 77.9 Å². The van der Waals surface area contributed by atoms with Gasteiger partial charge in [0.25, 0.3) is 0 Å². The van der Waals surface area contributed by atoms with Crippen LogP contribution < -0.4 is 4.90 Å². The quantitative estimate of drug-likeness (QED) is 0.190. The van der Waals surface area contributed by atoms with Crippen molar-refractivity contribution in [3.8, 4) is 16.8 Å². The maximum atomic E-state index is 6.51. The minimum atomic E-state index is 0.815. The lowest BCUT2D eigenvalue weighted by atomic mass is 10.0. The zero-order valence-electron chi connectivity index (χ0n) is 26.5. The molecule has 3 aromatic heterocycles. The van der Waals surface area contributed by atoms with Gasteiger partial charge in [0, 0.05) is 50.9 Å². The van der Waals surface area contributed by atoms with Crippen LogP contribution in [0.15, 0.2) is 180 Å². The molecule has 0 N–H and O–H groups in total. The fourth-order valence-corrected chi connectivity index (χ4v) is 7.42. The van der Waals surface area contributed by atoms with Crippen LogP contribution >= 0.6 is 0 Å². The molecule has 0 radical (unpaired) electrons. The Morgan fingerprint density at radius 2 is 1.12 bits per heavy atom. The molecule has 0 spiro atoms. The van der Waals surface area contributed by atoms with E-state index in [0.29, 0.717) is 0 Å². The first-order valence-electron chi connectivity index (χ1n) is 16.5. The van der Waals surface area contributed by atoms with Crippen molar-refractivity contribution in [3.05, 3.63) is 176 Å². The number of rotatable bonds is 5. The Labute approximate surface area is 282 Å². The second-order valence-corrected chi connectivity index (χ2v) is 12.4. The molecule has 3 heterocycles. The SMILES string of the molecule is c1ccc(-c2ccc(N(c3ccc4c(c3)c3ccccc3n4-c3ccccc3)c3cc4oc5ccccc5c4c4ncccc34)cc2)cc1.